The molecular weight excluding hydrogens is 244 g/mol. The molecule has 0 aromatic carbocycles. The van der Waals surface area contributed by atoms with Crippen molar-refractivity contribution in [3.05, 3.63) is 17.5 Å². The van der Waals surface area contributed by atoms with E-state index < -0.39 is 0 Å². The summed E-state index contributed by atoms with van der Waals surface area (Å²) < 4.78 is 1.84. The van der Waals surface area contributed by atoms with E-state index >= 15 is 0 Å². The summed E-state index contributed by atoms with van der Waals surface area (Å²) in [6.45, 7) is 5.95. The Morgan fingerprint density at radius 2 is 2.26 bits per heavy atom. The first-order valence-corrected chi connectivity index (χ1v) is 6.62. The van der Waals surface area contributed by atoms with Gasteiger partial charge in [-0.05, 0) is 26.3 Å². The van der Waals surface area contributed by atoms with E-state index in [1.165, 1.54) is 0 Å². The van der Waals surface area contributed by atoms with Gasteiger partial charge in [-0.2, -0.15) is 5.10 Å². The van der Waals surface area contributed by atoms with Gasteiger partial charge in [-0.25, -0.2) is 0 Å². The van der Waals surface area contributed by atoms with Gasteiger partial charge in [-0.1, -0.05) is 0 Å². The Hall–Kier alpha value is -1.85. The van der Waals surface area contributed by atoms with Crippen molar-refractivity contribution >= 4 is 11.8 Å². The standard InChI is InChI=1S/C13H20N4O2/c1-10-8-11(2)17(15-10)7-4-13(19)16-6-3-5-14-12(18)9-16/h8H,3-7,9H2,1-2H3,(H,14,18). The summed E-state index contributed by atoms with van der Waals surface area (Å²) in [5, 5.41) is 7.09. The molecule has 1 aliphatic rings. The van der Waals surface area contributed by atoms with Crippen LogP contribution in [0, 0.1) is 13.8 Å². The predicted octanol–water partition coefficient (Wildman–Crippen LogP) is 0.239. The lowest BCUT2D eigenvalue weighted by atomic mass is 10.3. The number of carbonyl (C=O) groups is 2. The number of aromatic nitrogens is 2. The number of nitrogens with one attached hydrogen (secondary N) is 1. The number of aryl methyl sites for hydroxylation is 3. The molecule has 0 unspecified atom stereocenters. The molecule has 0 spiro atoms. The second kappa shape index (κ2) is 5.86. The lowest BCUT2D eigenvalue weighted by Gasteiger charge is -2.19. The van der Waals surface area contributed by atoms with Crippen LogP contribution in [0.2, 0.25) is 0 Å². The van der Waals surface area contributed by atoms with Crippen molar-refractivity contribution in [1.82, 2.24) is 20.0 Å². The quantitative estimate of drug-likeness (QED) is 0.850. The Kier molecular flexibility index (Phi) is 4.19. The molecule has 0 aliphatic carbocycles. The van der Waals surface area contributed by atoms with Crippen LogP contribution in [-0.2, 0) is 16.1 Å². The van der Waals surface area contributed by atoms with Gasteiger partial charge < -0.3 is 10.2 Å². The maximum absolute atomic E-state index is 12.1. The van der Waals surface area contributed by atoms with Gasteiger partial charge in [0.15, 0.2) is 0 Å². The minimum atomic E-state index is -0.0723. The Bertz CT molecular complexity index is 481. The van der Waals surface area contributed by atoms with Crippen molar-refractivity contribution in [2.75, 3.05) is 19.6 Å². The SMILES string of the molecule is Cc1cc(C)n(CCC(=O)N2CCCNC(=O)C2)n1. The van der Waals surface area contributed by atoms with Crippen molar-refractivity contribution in [3.63, 3.8) is 0 Å². The lowest BCUT2D eigenvalue weighted by molar-refractivity contribution is -0.135. The molecule has 2 amide bonds. The fraction of sp³-hybridized carbons (Fsp3) is 0.615. The molecule has 1 fully saturated rings. The molecule has 0 atom stereocenters. The van der Waals surface area contributed by atoms with Crippen molar-refractivity contribution in [3.8, 4) is 0 Å². The highest BCUT2D eigenvalue weighted by Crippen LogP contribution is 2.05. The molecule has 2 rings (SSSR count). The second-order valence-electron chi connectivity index (χ2n) is 4.92. The summed E-state index contributed by atoms with van der Waals surface area (Å²) in [6, 6.07) is 1.99. The van der Waals surface area contributed by atoms with Crippen molar-refractivity contribution in [1.29, 1.82) is 0 Å². The van der Waals surface area contributed by atoms with Crippen LogP contribution in [-0.4, -0.2) is 46.1 Å². The van der Waals surface area contributed by atoms with Crippen LogP contribution < -0.4 is 5.32 Å². The third kappa shape index (κ3) is 3.56. The number of hydrogen-bond donors (Lipinski definition) is 1. The lowest BCUT2D eigenvalue weighted by Crippen LogP contribution is -2.37. The summed E-state index contributed by atoms with van der Waals surface area (Å²) in [4.78, 5) is 25.1. The number of nitrogens with zero attached hydrogens (tertiary/aromatic N) is 3. The predicted molar refractivity (Wildman–Crippen MR) is 70.5 cm³/mol. The molecule has 19 heavy (non-hydrogen) atoms. The van der Waals surface area contributed by atoms with Crippen molar-refractivity contribution < 1.29 is 9.59 Å². The van der Waals surface area contributed by atoms with Gasteiger partial charge in [0.2, 0.25) is 11.8 Å². The number of carbonyl (C=O) groups excluding carboxylic acids is 2. The van der Waals surface area contributed by atoms with E-state index in [0.29, 0.717) is 26.1 Å². The fourth-order valence-corrected chi connectivity index (χ4v) is 2.28. The molecule has 0 radical (unpaired) electrons. The first-order chi connectivity index (χ1) is 9.06. The van der Waals surface area contributed by atoms with Gasteiger partial charge >= 0.3 is 0 Å². The molecular formula is C13H20N4O2. The van der Waals surface area contributed by atoms with Gasteiger partial charge in [0.25, 0.3) is 0 Å². The van der Waals surface area contributed by atoms with Crippen LogP contribution >= 0.6 is 0 Å². The summed E-state index contributed by atoms with van der Waals surface area (Å²) in [5.74, 6) is -0.0541. The third-order valence-corrected chi connectivity index (χ3v) is 3.25. The molecule has 1 N–H and O–H groups in total. The highest BCUT2D eigenvalue weighted by Gasteiger charge is 2.19. The first-order valence-electron chi connectivity index (χ1n) is 6.62. The average Bonchev–Trinajstić information content (AvgIpc) is 2.56. The van der Waals surface area contributed by atoms with Crippen molar-refractivity contribution in [2.24, 2.45) is 0 Å². The number of amides is 2. The molecule has 0 saturated carbocycles. The van der Waals surface area contributed by atoms with Crippen LogP contribution in [0.25, 0.3) is 0 Å². The summed E-state index contributed by atoms with van der Waals surface area (Å²) in [6.07, 6.45) is 1.20. The maximum Gasteiger partial charge on any atom is 0.239 e. The Morgan fingerprint density at radius 1 is 1.47 bits per heavy atom. The topological polar surface area (TPSA) is 67.2 Å². The Labute approximate surface area is 112 Å². The molecule has 6 nitrogen and oxygen atoms in total. The second-order valence-corrected chi connectivity index (χ2v) is 4.92. The fourth-order valence-electron chi connectivity index (χ4n) is 2.28. The van der Waals surface area contributed by atoms with Gasteiger partial charge in [-0.15, -0.1) is 0 Å². The summed E-state index contributed by atoms with van der Waals surface area (Å²) in [5.41, 5.74) is 2.01. The zero-order chi connectivity index (χ0) is 13.8. The minimum absolute atomic E-state index is 0.0182. The van der Waals surface area contributed by atoms with Crippen LogP contribution in [0.5, 0.6) is 0 Å². The van der Waals surface area contributed by atoms with Gasteiger partial charge in [0.05, 0.1) is 12.2 Å². The van der Waals surface area contributed by atoms with Gasteiger partial charge in [0, 0.05) is 31.7 Å². The Balaban J connectivity index is 1.90. The normalized spacial score (nSPS) is 16.1. The molecule has 2 heterocycles. The van der Waals surface area contributed by atoms with E-state index in [-0.39, 0.29) is 18.4 Å². The summed E-state index contributed by atoms with van der Waals surface area (Å²) >= 11 is 0. The van der Waals surface area contributed by atoms with Gasteiger partial charge in [-0.3, -0.25) is 14.3 Å². The molecule has 1 aromatic rings. The van der Waals surface area contributed by atoms with E-state index in [1.54, 1.807) is 4.90 Å². The third-order valence-electron chi connectivity index (χ3n) is 3.25. The molecule has 6 heteroatoms. The largest absolute Gasteiger partial charge is 0.354 e. The van der Waals surface area contributed by atoms with E-state index in [2.05, 4.69) is 10.4 Å². The van der Waals surface area contributed by atoms with E-state index in [4.69, 9.17) is 0 Å². The van der Waals surface area contributed by atoms with Crippen LogP contribution in [0.3, 0.4) is 0 Å². The highest BCUT2D eigenvalue weighted by molar-refractivity contribution is 5.85. The zero-order valence-corrected chi connectivity index (χ0v) is 11.5. The molecule has 104 valence electrons. The average molecular weight is 264 g/mol. The monoisotopic (exact) mass is 264 g/mol. The molecule has 0 bridgehead atoms. The zero-order valence-electron chi connectivity index (χ0n) is 11.5. The van der Waals surface area contributed by atoms with Gasteiger partial charge in [0.1, 0.15) is 0 Å². The van der Waals surface area contributed by atoms with Crippen LogP contribution in [0.4, 0.5) is 0 Å². The number of rotatable bonds is 3. The van der Waals surface area contributed by atoms with Crippen LogP contribution in [0.15, 0.2) is 6.07 Å². The number of hydrogen-bond acceptors (Lipinski definition) is 3. The van der Waals surface area contributed by atoms with E-state index in [0.717, 1.165) is 17.8 Å². The maximum atomic E-state index is 12.1. The van der Waals surface area contributed by atoms with E-state index in [1.807, 2.05) is 24.6 Å². The Morgan fingerprint density at radius 3 is 2.95 bits per heavy atom. The van der Waals surface area contributed by atoms with Crippen molar-refractivity contribution in [2.45, 2.75) is 33.2 Å². The minimum Gasteiger partial charge on any atom is -0.354 e. The van der Waals surface area contributed by atoms with Crippen LogP contribution in [0.1, 0.15) is 24.2 Å². The highest BCUT2D eigenvalue weighted by atomic mass is 16.2. The molecule has 1 aromatic heterocycles. The molecule has 1 saturated heterocycles. The van der Waals surface area contributed by atoms with E-state index in [9.17, 15) is 9.59 Å². The smallest absolute Gasteiger partial charge is 0.239 e. The first kappa shape index (κ1) is 13.6. The molecule has 1 aliphatic heterocycles. The summed E-state index contributed by atoms with van der Waals surface area (Å²) in [7, 11) is 0.